The molecule has 1 aromatic carbocycles. The van der Waals surface area contributed by atoms with E-state index in [1.54, 1.807) is 24.5 Å². The molecule has 1 aliphatic heterocycles. The van der Waals surface area contributed by atoms with Gasteiger partial charge in [-0.2, -0.15) is 5.26 Å². The summed E-state index contributed by atoms with van der Waals surface area (Å²) >= 11 is 0. The van der Waals surface area contributed by atoms with Crippen LogP contribution >= 0.6 is 0 Å². The molecule has 0 saturated carbocycles. The molecule has 222 valence electrons. The van der Waals surface area contributed by atoms with Gasteiger partial charge in [0, 0.05) is 66.5 Å². The van der Waals surface area contributed by atoms with Crippen molar-refractivity contribution in [1.29, 1.82) is 5.26 Å². The Morgan fingerprint density at radius 2 is 1.73 bits per heavy atom. The van der Waals surface area contributed by atoms with E-state index in [0.717, 1.165) is 65.9 Å². The number of nitriles is 1. The average Bonchev–Trinajstić information content (AvgIpc) is 3.45. The Balaban J connectivity index is 1.13. The zero-order chi connectivity index (χ0) is 30.8. The van der Waals surface area contributed by atoms with Gasteiger partial charge in [0.05, 0.1) is 17.6 Å². The van der Waals surface area contributed by atoms with E-state index in [0.29, 0.717) is 23.4 Å². The van der Waals surface area contributed by atoms with Gasteiger partial charge >= 0.3 is 0 Å². The first-order chi connectivity index (χ1) is 22.0. The number of fused-ring (bicyclic) bond motifs is 1. The molecule has 0 bridgehead atoms. The largest absolute Gasteiger partial charge is 0.383 e. The third-order valence-electron chi connectivity index (χ3n) is 8.25. The van der Waals surface area contributed by atoms with E-state index in [4.69, 9.17) is 11.0 Å². The summed E-state index contributed by atoms with van der Waals surface area (Å²) in [5, 5.41) is 12.5. The average molecular weight is 596 g/mol. The molecule has 9 nitrogen and oxygen atoms in total. The molecule has 1 saturated heterocycles. The van der Waals surface area contributed by atoms with E-state index in [2.05, 4.69) is 64.9 Å². The lowest BCUT2D eigenvalue weighted by Crippen LogP contribution is -2.38. The van der Waals surface area contributed by atoms with Gasteiger partial charge in [0.15, 0.2) is 0 Å². The number of rotatable bonds is 7. The number of hydrogen-bond donors (Lipinski definition) is 2. The van der Waals surface area contributed by atoms with Crippen molar-refractivity contribution >= 4 is 17.2 Å². The second-order valence-corrected chi connectivity index (χ2v) is 11.2. The first-order valence-corrected chi connectivity index (χ1v) is 14.8. The second kappa shape index (κ2) is 12.1. The van der Waals surface area contributed by atoms with E-state index in [1.165, 1.54) is 17.8 Å². The number of nitrogens with one attached hydrogen (secondary N) is 1. The third kappa shape index (κ3) is 5.94. The van der Waals surface area contributed by atoms with Crippen molar-refractivity contribution in [3.63, 3.8) is 0 Å². The minimum absolute atomic E-state index is 0.176. The van der Waals surface area contributed by atoms with Crippen LogP contribution in [-0.4, -0.2) is 48.4 Å². The van der Waals surface area contributed by atoms with Gasteiger partial charge in [0.25, 0.3) is 0 Å². The summed E-state index contributed by atoms with van der Waals surface area (Å²) in [6.07, 6.45) is 8.55. The van der Waals surface area contributed by atoms with Crippen LogP contribution in [0.15, 0.2) is 97.6 Å². The summed E-state index contributed by atoms with van der Waals surface area (Å²) in [6, 6.07) is 25.9. The molecule has 45 heavy (non-hydrogen) atoms. The molecule has 3 N–H and O–H groups in total. The summed E-state index contributed by atoms with van der Waals surface area (Å²) in [5.41, 5.74) is 14.1. The van der Waals surface area contributed by atoms with Crippen LogP contribution in [0.3, 0.4) is 0 Å². The van der Waals surface area contributed by atoms with Gasteiger partial charge in [-0.15, -0.1) is 0 Å². The molecule has 0 aliphatic carbocycles. The normalized spacial score (nSPS) is 14.0. The number of nitrogen functional groups attached to an aromatic ring is 1. The highest BCUT2D eigenvalue weighted by molar-refractivity contribution is 5.90. The van der Waals surface area contributed by atoms with Crippen LogP contribution in [0.25, 0.3) is 39.2 Å². The molecule has 0 amide bonds. The quantitative estimate of drug-likeness (QED) is 0.224. The van der Waals surface area contributed by atoms with Gasteiger partial charge in [0.2, 0.25) is 5.82 Å². The third-order valence-corrected chi connectivity index (χ3v) is 8.25. The number of nitrogens with two attached hydrogens (primary N) is 1. The van der Waals surface area contributed by atoms with Gasteiger partial charge in [-0.3, -0.25) is 9.88 Å². The van der Waals surface area contributed by atoms with Gasteiger partial charge in [-0.1, -0.05) is 24.3 Å². The molecule has 5 aromatic heterocycles. The number of nitrogens with zero attached hydrogens (tertiary/aromatic N) is 7. The van der Waals surface area contributed by atoms with Crippen LogP contribution in [0.4, 0.5) is 16.0 Å². The van der Waals surface area contributed by atoms with E-state index in [9.17, 15) is 4.39 Å². The van der Waals surface area contributed by atoms with Gasteiger partial charge in [-0.05, 0) is 72.5 Å². The molecule has 0 atom stereocenters. The van der Waals surface area contributed by atoms with Crippen molar-refractivity contribution in [2.45, 2.75) is 25.4 Å². The fourth-order valence-electron chi connectivity index (χ4n) is 5.98. The predicted octanol–water partition coefficient (Wildman–Crippen LogP) is 6.19. The molecular weight excluding hydrogens is 565 g/mol. The highest BCUT2D eigenvalue weighted by Gasteiger charge is 2.21. The summed E-state index contributed by atoms with van der Waals surface area (Å²) in [6.45, 7) is 2.78. The van der Waals surface area contributed by atoms with Gasteiger partial charge in [-0.25, -0.2) is 19.3 Å². The van der Waals surface area contributed by atoms with Gasteiger partial charge in [0.1, 0.15) is 23.5 Å². The zero-order valence-electron chi connectivity index (χ0n) is 24.4. The van der Waals surface area contributed by atoms with Crippen LogP contribution in [0, 0.1) is 17.1 Å². The summed E-state index contributed by atoms with van der Waals surface area (Å²) < 4.78 is 15.7. The lowest BCUT2D eigenvalue weighted by atomic mass is 10.00. The number of piperidine rings is 1. The van der Waals surface area contributed by atoms with Crippen molar-refractivity contribution in [2.24, 2.45) is 0 Å². The maximum Gasteiger partial charge on any atom is 0.234 e. The van der Waals surface area contributed by atoms with Crippen LogP contribution < -0.4 is 11.1 Å². The van der Waals surface area contributed by atoms with E-state index >= 15 is 0 Å². The molecule has 10 heteroatoms. The zero-order valence-corrected chi connectivity index (χ0v) is 24.4. The highest BCUT2D eigenvalue weighted by atomic mass is 19.1. The standard InChI is InChI=1S/C35H30FN9/c36-26-8-10-31(41-20-26)25-7-9-28-18-30(29-2-1-14-40-35(29)38)34(45(28)22-25)24-5-3-23(4-6-24)21-44-16-12-27(13-17-44)42-32-11-15-39-33(19-37)43-32/h1-11,14-15,18,20,22,27H,12-13,16-17,21H2,(H2,38,40)(H,39,42,43). The van der Waals surface area contributed by atoms with Crippen molar-refractivity contribution in [3.05, 3.63) is 115 Å². The molecular formula is C35H30FN9. The van der Waals surface area contributed by atoms with Crippen LogP contribution in [0.1, 0.15) is 24.2 Å². The fraction of sp³-hybridized carbons (Fsp3) is 0.171. The van der Waals surface area contributed by atoms with E-state index in [-0.39, 0.29) is 11.6 Å². The summed E-state index contributed by atoms with van der Waals surface area (Å²) in [7, 11) is 0. The lowest BCUT2D eigenvalue weighted by Gasteiger charge is -2.32. The Kier molecular flexibility index (Phi) is 7.59. The second-order valence-electron chi connectivity index (χ2n) is 11.2. The van der Waals surface area contributed by atoms with Crippen molar-refractivity contribution in [3.8, 4) is 39.7 Å². The predicted molar refractivity (Wildman–Crippen MR) is 172 cm³/mol. The Morgan fingerprint density at radius 1 is 0.911 bits per heavy atom. The van der Waals surface area contributed by atoms with Crippen molar-refractivity contribution < 1.29 is 4.39 Å². The number of halogens is 1. The summed E-state index contributed by atoms with van der Waals surface area (Å²) in [5.74, 6) is 0.974. The molecule has 0 radical (unpaired) electrons. The monoisotopic (exact) mass is 595 g/mol. The number of likely N-dealkylation sites (tertiary alicyclic amines) is 1. The van der Waals surface area contributed by atoms with E-state index in [1.807, 2.05) is 36.5 Å². The molecule has 7 rings (SSSR count). The van der Waals surface area contributed by atoms with E-state index < -0.39 is 0 Å². The molecule has 1 fully saturated rings. The maximum absolute atomic E-state index is 13.6. The minimum Gasteiger partial charge on any atom is -0.383 e. The first kappa shape index (κ1) is 28.1. The van der Waals surface area contributed by atoms with Crippen LogP contribution in [0.2, 0.25) is 0 Å². The smallest absolute Gasteiger partial charge is 0.234 e. The lowest BCUT2D eigenvalue weighted by molar-refractivity contribution is 0.211. The Morgan fingerprint density at radius 3 is 2.49 bits per heavy atom. The molecule has 6 aromatic rings. The minimum atomic E-state index is -0.366. The maximum atomic E-state index is 13.6. The number of anilines is 2. The number of aromatic nitrogens is 5. The number of pyridine rings is 3. The molecule has 0 unspecified atom stereocenters. The topological polar surface area (TPSA) is 121 Å². The molecule has 6 heterocycles. The van der Waals surface area contributed by atoms with Crippen LogP contribution in [0.5, 0.6) is 0 Å². The number of benzene rings is 1. The fourth-order valence-corrected chi connectivity index (χ4v) is 5.98. The Bertz CT molecular complexity index is 2010. The van der Waals surface area contributed by atoms with Crippen molar-refractivity contribution in [2.75, 3.05) is 24.1 Å². The molecule has 0 spiro atoms. The van der Waals surface area contributed by atoms with Gasteiger partial charge < -0.3 is 15.5 Å². The van der Waals surface area contributed by atoms with Crippen molar-refractivity contribution in [1.82, 2.24) is 29.2 Å². The highest BCUT2D eigenvalue weighted by Crippen LogP contribution is 2.38. The van der Waals surface area contributed by atoms with Crippen LogP contribution in [-0.2, 0) is 6.54 Å². The Labute approximate surface area is 259 Å². The Hall–Kier alpha value is -5.66. The SMILES string of the molecule is N#Cc1nccc(NC2CCN(Cc3ccc(-c4c(-c5cccnc5N)cc5ccc(-c6ccc(F)cn6)cn45)cc3)CC2)n1. The molecule has 1 aliphatic rings. The first-order valence-electron chi connectivity index (χ1n) is 14.8. The number of hydrogen-bond acceptors (Lipinski definition) is 8. The summed E-state index contributed by atoms with van der Waals surface area (Å²) in [4.78, 5) is 19.3.